The van der Waals surface area contributed by atoms with Crippen molar-refractivity contribution in [3.8, 4) is 5.75 Å². The van der Waals surface area contributed by atoms with Gasteiger partial charge >= 0.3 is 6.18 Å². The van der Waals surface area contributed by atoms with Gasteiger partial charge in [-0.2, -0.15) is 13.2 Å². The van der Waals surface area contributed by atoms with Crippen LogP contribution in [0.5, 0.6) is 5.75 Å². The van der Waals surface area contributed by atoms with Crippen molar-refractivity contribution in [2.75, 3.05) is 6.61 Å². The maximum atomic E-state index is 13.1. The molecule has 0 bridgehead atoms. The lowest BCUT2D eigenvalue weighted by Crippen LogP contribution is -2.15. The lowest BCUT2D eigenvalue weighted by atomic mass is 10.0. The highest BCUT2D eigenvalue weighted by molar-refractivity contribution is 9.08. The molecule has 0 radical (unpaired) electrons. The predicted molar refractivity (Wildman–Crippen MR) is 82.9 cm³/mol. The first-order valence-corrected chi connectivity index (χ1v) is 8.43. The summed E-state index contributed by atoms with van der Waals surface area (Å²) in [6.45, 7) is 4.49. The molecular weight excluding hydrogens is 345 g/mol. The van der Waals surface area contributed by atoms with Crippen molar-refractivity contribution in [2.45, 2.75) is 51.0 Å². The van der Waals surface area contributed by atoms with Gasteiger partial charge in [-0.25, -0.2) is 0 Å². The summed E-state index contributed by atoms with van der Waals surface area (Å²) in [5.74, 6) is 0.240. The molecule has 0 aromatic heterocycles. The van der Waals surface area contributed by atoms with Crippen molar-refractivity contribution < 1.29 is 17.9 Å². The standard InChI is InChI=1S/C16H22BrF3O/c1-3-5-6-12(4-2)11-21-15-8-7-13(10-17)9-14(15)16(18,19)20/h7-9,12H,3-6,10-11H2,1-2H3. The maximum Gasteiger partial charge on any atom is 0.419 e. The second kappa shape index (κ2) is 8.66. The van der Waals surface area contributed by atoms with Crippen LogP contribution < -0.4 is 4.74 Å². The van der Waals surface area contributed by atoms with Gasteiger partial charge in [0, 0.05) is 5.33 Å². The molecule has 0 fully saturated rings. The zero-order valence-corrected chi connectivity index (χ0v) is 14.1. The topological polar surface area (TPSA) is 9.23 Å². The molecule has 120 valence electrons. The van der Waals surface area contributed by atoms with Gasteiger partial charge in [0.1, 0.15) is 5.75 Å². The minimum Gasteiger partial charge on any atom is -0.493 e. The number of halogens is 4. The van der Waals surface area contributed by atoms with Crippen LogP contribution in [-0.2, 0) is 11.5 Å². The summed E-state index contributed by atoms with van der Waals surface area (Å²) in [5, 5.41) is 0.393. The molecule has 0 aliphatic carbocycles. The number of benzene rings is 1. The van der Waals surface area contributed by atoms with Crippen LogP contribution >= 0.6 is 15.9 Å². The van der Waals surface area contributed by atoms with Crippen molar-refractivity contribution in [3.05, 3.63) is 29.3 Å². The van der Waals surface area contributed by atoms with Crippen molar-refractivity contribution in [2.24, 2.45) is 5.92 Å². The van der Waals surface area contributed by atoms with E-state index in [0.29, 0.717) is 23.4 Å². The van der Waals surface area contributed by atoms with Gasteiger partial charge in [0.05, 0.1) is 12.2 Å². The molecule has 1 unspecified atom stereocenters. The molecule has 0 saturated heterocycles. The van der Waals surface area contributed by atoms with Gasteiger partial charge in [0.25, 0.3) is 0 Å². The molecule has 0 amide bonds. The quantitative estimate of drug-likeness (QED) is 0.498. The van der Waals surface area contributed by atoms with Crippen LogP contribution in [0.15, 0.2) is 18.2 Å². The molecule has 0 saturated carbocycles. The molecule has 1 rings (SSSR count). The van der Waals surface area contributed by atoms with E-state index in [-0.39, 0.29) is 5.75 Å². The van der Waals surface area contributed by atoms with E-state index in [1.54, 1.807) is 6.07 Å². The van der Waals surface area contributed by atoms with Crippen molar-refractivity contribution in [3.63, 3.8) is 0 Å². The second-order valence-electron chi connectivity index (χ2n) is 5.19. The van der Waals surface area contributed by atoms with Crippen LogP contribution in [0.1, 0.15) is 50.7 Å². The van der Waals surface area contributed by atoms with Gasteiger partial charge in [0.2, 0.25) is 0 Å². The van der Waals surface area contributed by atoms with E-state index in [4.69, 9.17) is 4.74 Å². The Balaban J connectivity index is 2.82. The Kier molecular flexibility index (Phi) is 7.57. The highest BCUT2D eigenvalue weighted by Crippen LogP contribution is 2.37. The normalized spacial score (nSPS) is 13.2. The first-order chi connectivity index (χ1) is 9.92. The summed E-state index contributed by atoms with van der Waals surface area (Å²) in [7, 11) is 0. The van der Waals surface area contributed by atoms with E-state index in [9.17, 15) is 13.2 Å². The summed E-state index contributed by atoms with van der Waals surface area (Å²) in [4.78, 5) is 0. The van der Waals surface area contributed by atoms with Crippen molar-refractivity contribution >= 4 is 15.9 Å². The molecule has 1 aromatic carbocycles. The molecule has 0 N–H and O–H groups in total. The monoisotopic (exact) mass is 366 g/mol. The molecule has 1 aromatic rings. The molecule has 0 heterocycles. The van der Waals surface area contributed by atoms with Crippen LogP contribution in [0, 0.1) is 5.92 Å². The van der Waals surface area contributed by atoms with Gasteiger partial charge in [-0.1, -0.05) is 55.1 Å². The van der Waals surface area contributed by atoms with Gasteiger partial charge < -0.3 is 4.74 Å². The van der Waals surface area contributed by atoms with Gasteiger partial charge in [-0.3, -0.25) is 0 Å². The average Bonchev–Trinajstić information content (AvgIpc) is 2.46. The zero-order valence-electron chi connectivity index (χ0n) is 12.5. The minimum absolute atomic E-state index is 0.0675. The zero-order chi connectivity index (χ0) is 15.9. The van der Waals surface area contributed by atoms with Crippen LogP contribution in [0.2, 0.25) is 0 Å². The Morgan fingerprint density at radius 1 is 1.24 bits per heavy atom. The molecule has 0 aliphatic heterocycles. The number of hydrogen-bond donors (Lipinski definition) is 0. The summed E-state index contributed by atoms with van der Waals surface area (Å²) in [6, 6.07) is 4.23. The first-order valence-electron chi connectivity index (χ1n) is 7.31. The number of ether oxygens (including phenoxy) is 1. The van der Waals surface area contributed by atoms with Crippen LogP contribution in [-0.4, -0.2) is 6.61 Å². The third kappa shape index (κ3) is 5.89. The molecule has 0 spiro atoms. The second-order valence-corrected chi connectivity index (χ2v) is 5.75. The van der Waals surface area contributed by atoms with Crippen molar-refractivity contribution in [1.29, 1.82) is 0 Å². The molecule has 1 nitrogen and oxygen atoms in total. The molecule has 1 atom stereocenters. The summed E-state index contributed by atoms with van der Waals surface area (Å²) in [6.07, 6.45) is -0.311. The molecular formula is C16H22BrF3O. The smallest absolute Gasteiger partial charge is 0.419 e. The maximum absolute atomic E-state index is 13.1. The fraction of sp³-hybridized carbons (Fsp3) is 0.625. The van der Waals surface area contributed by atoms with Gasteiger partial charge in [-0.05, 0) is 30.0 Å². The predicted octanol–water partition coefficient (Wildman–Crippen LogP) is 6.20. The van der Waals surface area contributed by atoms with Gasteiger partial charge in [-0.15, -0.1) is 0 Å². The van der Waals surface area contributed by atoms with E-state index in [2.05, 4.69) is 22.9 Å². The molecule has 0 aliphatic rings. The summed E-state index contributed by atoms with van der Waals surface area (Å²) in [5.41, 5.74) is -0.0995. The lowest BCUT2D eigenvalue weighted by Gasteiger charge is -2.19. The largest absolute Gasteiger partial charge is 0.493 e. The van der Waals surface area contributed by atoms with Crippen LogP contribution in [0.25, 0.3) is 0 Å². The van der Waals surface area contributed by atoms with Crippen molar-refractivity contribution in [1.82, 2.24) is 0 Å². The van der Waals surface area contributed by atoms with E-state index >= 15 is 0 Å². The van der Waals surface area contributed by atoms with E-state index in [1.165, 1.54) is 6.07 Å². The third-order valence-corrected chi connectivity index (χ3v) is 4.17. The number of hydrogen-bond acceptors (Lipinski definition) is 1. The Morgan fingerprint density at radius 3 is 2.48 bits per heavy atom. The lowest BCUT2D eigenvalue weighted by molar-refractivity contribution is -0.139. The molecule has 5 heteroatoms. The fourth-order valence-electron chi connectivity index (χ4n) is 2.11. The fourth-order valence-corrected chi connectivity index (χ4v) is 2.46. The van der Waals surface area contributed by atoms with E-state index in [0.717, 1.165) is 31.7 Å². The van der Waals surface area contributed by atoms with E-state index in [1.807, 2.05) is 6.92 Å². The Bertz CT molecular complexity index is 432. The van der Waals surface area contributed by atoms with Crippen LogP contribution in [0.4, 0.5) is 13.2 Å². The third-order valence-electron chi connectivity index (χ3n) is 3.52. The number of rotatable bonds is 8. The van der Waals surface area contributed by atoms with E-state index < -0.39 is 11.7 Å². The SMILES string of the molecule is CCCCC(CC)COc1ccc(CBr)cc1C(F)(F)F. The number of unbranched alkanes of at least 4 members (excludes halogenated alkanes) is 1. The summed E-state index contributed by atoms with van der Waals surface area (Å²) >= 11 is 3.18. The van der Waals surface area contributed by atoms with Gasteiger partial charge in [0.15, 0.2) is 0 Å². The molecule has 21 heavy (non-hydrogen) atoms. The summed E-state index contributed by atoms with van der Waals surface area (Å²) < 4.78 is 44.7. The number of alkyl halides is 4. The minimum atomic E-state index is -4.39. The Labute approximate surface area is 133 Å². The Hall–Kier alpha value is -0.710. The Morgan fingerprint density at radius 2 is 1.95 bits per heavy atom. The highest BCUT2D eigenvalue weighted by Gasteiger charge is 2.34. The first kappa shape index (κ1) is 18.3. The average molecular weight is 367 g/mol. The van der Waals surface area contributed by atoms with Crippen LogP contribution in [0.3, 0.4) is 0 Å². The highest BCUT2D eigenvalue weighted by atomic mass is 79.9.